The van der Waals surface area contributed by atoms with Gasteiger partial charge in [-0.25, -0.2) is 9.80 Å². The van der Waals surface area contributed by atoms with Gasteiger partial charge in [0.1, 0.15) is 5.75 Å². The molecule has 1 heterocycles. The summed E-state index contributed by atoms with van der Waals surface area (Å²) >= 11 is 11.9. The van der Waals surface area contributed by atoms with Crippen molar-refractivity contribution in [3.05, 3.63) is 94.0 Å². The molecule has 1 atom stereocenters. The van der Waals surface area contributed by atoms with Crippen LogP contribution in [0.1, 0.15) is 17.0 Å². The van der Waals surface area contributed by atoms with Crippen molar-refractivity contribution >= 4 is 40.6 Å². The van der Waals surface area contributed by atoms with Crippen LogP contribution in [0.2, 0.25) is 10.0 Å². The number of benzene rings is 3. The minimum absolute atomic E-state index is 0.0593. The molecular weight excluding hydrogens is 459 g/mol. The smallest absolute Gasteiger partial charge is 0.387 e. The van der Waals surface area contributed by atoms with E-state index in [0.29, 0.717) is 21.4 Å². The zero-order valence-corrected chi connectivity index (χ0v) is 18.0. The first-order chi connectivity index (χ1) is 15.4. The molecule has 0 saturated heterocycles. The molecule has 1 N–H and O–H groups in total. The number of rotatable bonds is 5. The molecule has 0 spiro atoms. The summed E-state index contributed by atoms with van der Waals surface area (Å²) < 4.78 is 29.4. The molecule has 0 saturated carbocycles. The zero-order valence-electron chi connectivity index (χ0n) is 16.5. The maximum Gasteiger partial charge on any atom is 0.387 e. The number of amides is 2. The fraction of sp³-hybridized carbons (Fsp3) is 0.130. The van der Waals surface area contributed by atoms with E-state index in [1.807, 2.05) is 12.1 Å². The van der Waals surface area contributed by atoms with Crippen LogP contribution >= 0.6 is 23.2 Å². The standard InChI is InChI=1S/C23H17Cl2F2N3O2/c24-16-5-1-15(2-6-16)21-20(14-3-11-19(12-4-14)32-22(26)27)13-30(29-21)23(31)28-18-9-7-17(25)8-10-18/h1-12,20,22H,13H2,(H,28,31). The number of carbonyl (C=O) groups is 1. The first-order valence-corrected chi connectivity index (χ1v) is 10.4. The molecule has 32 heavy (non-hydrogen) atoms. The summed E-state index contributed by atoms with van der Waals surface area (Å²) in [5.41, 5.74) is 2.85. The molecule has 4 rings (SSSR count). The van der Waals surface area contributed by atoms with Gasteiger partial charge in [0.25, 0.3) is 0 Å². The van der Waals surface area contributed by atoms with Crippen molar-refractivity contribution in [2.24, 2.45) is 5.10 Å². The van der Waals surface area contributed by atoms with Gasteiger partial charge in [-0.3, -0.25) is 0 Å². The van der Waals surface area contributed by atoms with Crippen molar-refractivity contribution in [2.45, 2.75) is 12.5 Å². The first kappa shape index (κ1) is 22.0. The topological polar surface area (TPSA) is 53.9 Å². The van der Waals surface area contributed by atoms with E-state index in [4.69, 9.17) is 23.2 Å². The third-order valence-electron chi connectivity index (χ3n) is 4.89. The van der Waals surface area contributed by atoms with Crippen LogP contribution in [0, 0.1) is 0 Å². The molecule has 1 aliphatic rings. The van der Waals surface area contributed by atoms with Crippen LogP contribution in [0.15, 0.2) is 77.9 Å². The Bertz CT molecular complexity index is 1120. The molecule has 1 aliphatic heterocycles. The molecule has 0 aromatic heterocycles. The molecule has 2 amide bonds. The summed E-state index contributed by atoms with van der Waals surface area (Å²) in [6.45, 7) is -2.63. The third-order valence-corrected chi connectivity index (χ3v) is 5.40. The SMILES string of the molecule is O=C(Nc1ccc(Cl)cc1)N1CC(c2ccc(OC(F)F)cc2)C(c2ccc(Cl)cc2)=N1. The molecule has 3 aromatic carbocycles. The van der Waals surface area contributed by atoms with Crippen LogP contribution in [0.25, 0.3) is 0 Å². The number of ether oxygens (including phenoxy) is 1. The Kier molecular flexibility index (Phi) is 6.58. The van der Waals surface area contributed by atoms with E-state index in [9.17, 15) is 13.6 Å². The van der Waals surface area contributed by atoms with Gasteiger partial charge in [-0.15, -0.1) is 0 Å². The van der Waals surface area contributed by atoms with Gasteiger partial charge < -0.3 is 10.1 Å². The van der Waals surface area contributed by atoms with Crippen molar-refractivity contribution in [1.29, 1.82) is 0 Å². The Balaban J connectivity index is 1.60. The molecule has 164 valence electrons. The molecule has 5 nitrogen and oxygen atoms in total. The van der Waals surface area contributed by atoms with Crippen LogP contribution < -0.4 is 10.1 Å². The number of nitrogens with one attached hydrogen (secondary N) is 1. The minimum Gasteiger partial charge on any atom is -0.435 e. The van der Waals surface area contributed by atoms with Crippen LogP contribution in [0.5, 0.6) is 5.75 Å². The summed E-state index contributed by atoms with van der Waals surface area (Å²) in [6, 6.07) is 19.8. The number of hydrogen-bond donors (Lipinski definition) is 1. The van der Waals surface area contributed by atoms with Crippen molar-refractivity contribution in [1.82, 2.24) is 5.01 Å². The van der Waals surface area contributed by atoms with Gasteiger partial charge in [0.2, 0.25) is 0 Å². The van der Waals surface area contributed by atoms with Crippen molar-refractivity contribution in [3.63, 3.8) is 0 Å². The highest BCUT2D eigenvalue weighted by atomic mass is 35.5. The Morgan fingerprint density at radius 1 is 0.969 bits per heavy atom. The van der Waals surface area contributed by atoms with Crippen molar-refractivity contribution in [2.75, 3.05) is 11.9 Å². The van der Waals surface area contributed by atoms with E-state index in [1.54, 1.807) is 48.5 Å². The highest BCUT2D eigenvalue weighted by Gasteiger charge is 2.32. The van der Waals surface area contributed by atoms with Crippen LogP contribution in [0.4, 0.5) is 19.3 Å². The number of nitrogens with zero attached hydrogens (tertiary/aromatic N) is 2. The van der Waals surface area contributed by atoms with Crippen molar-refractivity contribution < 1.29 is 18.3 Å². The highest BCUT2D eigenvalue weighted by molar-refractivity contribution is 6.31. The van der Waals surface area contributed by atoms with Gasteiger partial charge in [0.15, 0.2) is 0 Å². The largest absolute Gasteiger partial charge is 0.435 e. The predicted octanol–water partition coefficient (Wildman–Crippen LogP) is 6.63. The number of urea groups is 1. The van der Waals surface area contributed by atoms with E-state index >= 15 is 0 Å². The van der Waals surface area contributed by atoms with Crippen LogP contribution in [-0.2, 0) is 0 Å². The first-order valence-electron chi connectivity index (χ1n) is 9.62. The fourth-order valence-electron chi connectivity index (χ4n) is 3.37. The average molecular weight is 476 g/mol. The number of carbonyl (C=O) groups excluding carboxylic acids is 1. The Labute approximate surface area is 193 Å². The van der Waals surface area contributed by atoms with E-state index in [-0.39, 0.29) is 18.2 Å². The van der Waals surface area contributed by atoms with E-state index < -0.39 is 12.6 Å². The zero-order chi connectivity index (χ0) is 22.7. The number of hydrogen-bond acceptors (Lipinski definition) is 3. The number of alkyl halides is 2. The minimum atomic E-state index is -2.90. The van der Waals surface area contributed by atoms with E-state index in [0.717, 1.165) is 11.1 Å². The maximum absolute atomic E-state index is 12.8. The summed E-state index contributed by atoms with van der Waals surface area (Å²) in [6.07, 6.45) is 0. The average Bonchev–Trinajstić information content (AvgIpc) is 3.22. The lowest BCUT2D eigenvalue weighted by molar-refractivity contribution is -0.0498. The molecular formula is C23H17Cl2F2N3O2. The molecule has 0 fully saturated rings. The molecule has 0 radical (unpaired) electrons. The van der Waals surface area contributed by atoms with Gasteiger partial charge in [0, 0.05) is 21.7 Å². The van der Waals surface area contributed by atoms with Gasteiger partial charge >= 0.3 is 12.6 Å². The monoisotopic (exact) mass is 475 g/mol. The predicted molar refractivity (Wildman–Crippen MR) is 121 cm³/mol. The fourth-order valence-corrected chi connectivity index (χ4v) is 3.63. The number of anilines is 1. The van der Waals surface area contributed by atoms with Gasteiger partial charge in [-0.05, 0) is 59.7 Å². The second-order valence-electron chi connectivity index (χ2n) is 7.01. The lowest BCUT2D eigenvalue weighted by Gasteiger charge is -2.16. The van der Waals surface area contributed by atoms with Gasteiger partial charge in [0.05, 0.1) is 12.3 Å². The Hall–Kier alpha value is -3.16. The summed E-state index contributed by atoms with van der Waals surface area (Å²) in [4.78, 5) is 12.8. The third kappa shape index (κ3) is 5.18. The second-order valence-corrected chi connectivity index (χ2v) is 7.88. The summed E-state index contributed by atoms with van der Waals surface area (Å²) in [5.74, 6) is -0.211. The molecule has 0 bridgehead atoms. The van der Waals surface area contributed by atoms with Gasteiger partial charge in [-0.2, -0.15) is 13.9 Å². The lowest BCUT2D eigenvalue weighted by Crippen LogP contribution is -2.30. The molecule has 9 heteroatoms. The summed E-state index contributed by atoms with van der Waals surface area (Å²) in [7, 11) is 0. The van der Waals surface area contributed by atoms with E-state index in [2.05, 4.69) is 15.2 Å². The normalized spacial score (nSPS) is 15.6. The highest BCUT2D eigenvalue weighted by Crippen LogP contribution is 2.31. The van der Waals surface area contributed by atoms with Gasteiger partial charge in [-0.1, -0.05) is 47.5 Å². The maximum atomic E-state index is 12.8. The Morgan fingerprint density at radius 3 is 2.16 bits per heavy atom. The van der Waals surface area contributed by atoms with Crippen LogP contribution in [-0.4, -0.2) is 29.9 Å². The molecule has 3 aromatic rings. The number of halogens is 4. The number of hydrazone groups is 1. The molecule has 1 unspecified atom stereocenters. The molecule has 0 aliphatic carbocycles. The quantitative estimate of drug-likeness (QED) is 0.450. The van der Waals surface area contributed by atoms with E-state index in [1.165, 1.54) is 17.1 Å². The lowest BCUT2D eigenvalue weighted by atomic mass is 9.90. The van der Waals surface area contributed by atoms with Crippen LogP contribution in [0.3, 0.4) is 0 Å². The van der Waals surface area contributed by atoms with Crippen molar-refractivity contribution in [3.8, 4) is 5.75 Å². The Morgan fingerprint density at radius 2 is 1.56 bits per heavy atom. The second kappa shape index (κ2) is 9.54. The summed E-state index contributed by atoms with van der Waals surface area (Å²) in [5, 5.41) is 9.82.